The monoisotopic (exact) mass is 1250 g/mol. The highest BCUT2D eigenvalue weighted by molar-refractivity contribution is 5.76. The normalized spacial score (nSPS) is 12.5. The summed E-state index contributed by atoms with van der Waals surface area (Å²) >= 11 is 0. The van der Waals surface area contributed by atoms with E-state index < -0.39 is 12.1 Å². The summed E-state index contributed by atoms with van der Waals surface area (Å²) in [5.74, 6) is -0.0100. The van der Waals surface area contributed by atoms with Crippen LogP contribution >= 0.6 is 0 Å². The van der Waals surface area contributed by atoms with Gasteiger partial charge in [0.25, 0.3) is 0 Å². The number of ether oxygens (including phenoxy) is 1. The maximum atomic E-state index is 12.6. The number of esters is 1. The van der Waals surface area contributed by atoms with E-state index in [0.717, 1.165) is 51.4 Å². The molecule has 2 unspecified atom stereocenters. The number of unbranched alkanes of at least 4 members (excludes halogenated alkanes) is 63. The van der Waals surface area contributed by atoms with Crippen LogP contribution in [0.4, 0.5) is 0 Å². The minimum absolute atomic E-state index is 0.0145. The van der Waals surface area contributed by atoms with E-state index in [2.05, 4.69) is 43.5 Å². The second-order valence-corrected chi connectivity index (χ2v) is 28.5. The molecule has 0 aliphatic heterocycles. The Morgan fingerprint density at radius 2 is 0.562 bits per heavy atom. The van der Waals surface area contributed by atoms with E-state index in [4.69, 9.17) is 4.74 Å². The van der Waals surface area contributed by atoms with Crippen LogP contribution in [0.1, 0.15) is 470 Å². The Bertz CT molecular complexity index is 1400. The highest BCUT2D eigenvalue weighted by Gasteiger charge is 2.20. The fourth-order valence-electron chi connectivity index (χ4n) is 13.3. The summed E-state index contributed by atoms with van der Waals surface area (Å²) in [7, 11) is 0. The average Bonchev–Trinajstić information content (AvgIpc) is 3.57. The molecule has 6 nitrogen and oxygen atoms in total. The summed E-state index contributed by atoms with van der Waals surface area (Å²) in [6.45, 7) is 4.98. The number of nitrogens with one attached hydrogen (secondary N) is 1. The van der Waals surface area contributed by atoms with Crippen LogP contribution in [0.5, 0.6) is 0 Å². The van der Waals surface area contributed by atoms with Crippen LogP contribution in [-0.2, 0) is 14.3 Å². The number of hydrogen-bond donors (Lipinski definition) is 3. The van der Waals surface area contributed by atoms with Crippen molar-refractivity contribution in [2.45, 2.75) is 482 Å². The van der Waals surface area contributed by atoms with Crippen molar-refractivity contribution in [3.05, 3.63) is 24.3 Å². The van der Waals surface area contributed by atoms with Crippen molar-refractivity contribution in [1.82, 2.24) is 5.32 Å². The van der Waals surface area contributed by atoms with Gasteiger partial charge in [-0.1, -0.05) is 423 Å². The van der Waals surface area contributed by atoms with E-state index in [1.165, 1.54) is 385 Å². The summed E-state index contributed by atoms with van der Waals surface area (Å²) in [6.07, 6.45) is 101. The molecule has 0 spiro atoms. The minimum Gasteiger partial charge on any atom is -0.466 e. The van der Waals surface area contributed by atoms with Crippen molar-refractivity contribution < 1.29 is 24.5 Å². The molecule has 0 heterocycles. The molecule has 0 saturated heterocycles. The standard InChI is InChI=1S/C83H161NO5/c1-3-5-7-9-11-13-15-17-19-21-22-23-34-37-40-44-47-51-55-59-63-67-71-75-81(86)80(79-85)84-82(87)76-72-68-64-60-56-52-48-45-41-38-35-32-30-28-26-24-25-27-29-31-33-36-39-42-46-50-54-58-62-66-70-74-78-89-83(88)77-73-69-65-61-57-53-49-43-20-18-16-14-12-10-8-6-4-2/h12,14,18,20,80-81,85-86H,3-11,13,15-17,19,21-79H2,1-2H3,(H,84,87)/b14-12-,20-18-. The molecule has 0 aliphatic carbocycles. The smallest absolute Gasteiger partial charge is 0.305 e. The summed E-state index contributed by atoms with van der Waals surface area (Å²) in [5.41, 5.74) is 0. The van der Waals surface area contributed by atoms with E-state index in [-0.39, 0.29) is 18.5 Å². The number of carbonyl (C=O) groups is 2. The van der Waals surface area contributed by atoms with E-state index in [0.29, 0.717) is 25.9 Å². The summed E-state index contributed by atoms with van der Waals surface area (Å²) in [4.78, 5) is 24.7. The summed E-state index contributed by atoms with van der Waals surface area (Å²) < 4.78 is 5.51. The Hall–Kier alpha value is -1.66. The molecule has 3 N–H and O–H groups in total. The van der Waals surface area contributed by atoms with Crippen LogP contribution in [0.2, 0.25) is 0 Å². The Kier molecular flexibility index (Phi) is 77.3. The number of rotatable bonds is 78. The van der Waals surface area contributed by atoms with Gasteiger partial charge in [0.05, 0.1) is 25.4 Å². The number of aliphatic hydroxyl groups is 2. The molecular weight excluding hydrogens is 1090 g/mol. The lowest BCUT2D eigenvalue weighted by molar-refractivity contribution is -0.143. The van der Waals surface area contributed by atoms with Gasteiger partial charge in [-0.25, -0.2) is 0 Å². The van der Waals surface area contributed by atoms with Crippen molar-refractivity contribution in [2.75, 3.05) is 13.2 Å². The van der Waals surface area contributed by atoms with Gasteiger partial charge in [0.15, 0.2) is 0 Å². The van der Waals surface area contributed by atoms with Gasteiger partial charge in [0, 0.05) is 12.8 Å². The molecule has 0 aromatic heterocycles. The highest BCUT2D eigenvalue weighted by atomic mass is 16.5. The topological polar surface area (TPSA) is 95.9 Å². The Balaban J connectivity index is 3.32. The van der Waals surface area contributed by atoms with E-state index in [1.807, 2.05) is 0 Å². The third kappa shape index (κ3) is 75.3. The quantitative estimate of drug-likeness (QED) is 0.0320. The average molecular weight is 1250 g/mol. The zero-order valence-corrected chi connectivity index (χ0v) is 60.7. The fourth-order valence-corrected chi connectivity index (χ4v) is 13.3. The largest absolute Gasteiger partial charge is 0.466 e. The first-order chi connectivity index (χ1) is 44.0. The second-order valence-electron chi connectivity index (χ2n) is 28.5. The van der Waals surface area contributed by atoms with Crippen molar-refractivity contribution in [3.8, 4) is 0 Å². The van der Waals surface area contributed by atoms with Gasteiger partial charge in [0.1, 0.15) is 0 Å². The number of amides is 1. The molecule has 0 fully saturated rings. The van der Waals surface area contributed by atoms with E-state index in [9.17, 15) is 19.8 Å². The molecular formula is C83H161NO5. The maximum Gasteiger partial charge on any atom is 0.305 e. The Morgan fingerprint density at radius 1 is 0.315 bits per heavy atom. The molecule has 0 radical (unpaired) electrons. The molecule has 0 aliphatic rings. The van der Waals surface area contributed by atoms with Crippen LogP contribution in [0.3, 0.4) is 0 Å². The number of hydrogen-bond acceptors (Lipinski definition) is 5. The van der Waals surface area contributed by atoms with Gasteiger partial charge < -0.3 is 20.3 Å². The second kappa shape index (κ2) is 78.8. The number of carbonyl (C=O) groups excluding carboxylic acids is 2. The lowest BCUT2D eigenvalue weighted by Gasteiger charge is -2.22. The molecule has 0 bridgehead atoms. The summed E-state index contributed by atoms with van der Waals surface area (Å²) in [6, 6.07) is -0.539. The third-order valence-corrected chi connectivity index (χ3v) is 19.5. The zero-order chi connectivity index (χ0) is 64.2. The van der Waals surface area contributed by atoms with Crippen molar-refractivity contribution in [1.29, 1.82) is 0 Å². The molecule has 0 rings (SSSR count). The van der Waals surface area contributed by atoms with Crippen LogP contribution in [-0.4, -0.2) is 47.4 Å². The summed E-state index contributed by atoms with van der Waals surface area (Å²) in [5, 5.41) is 23.5. The number of aliphatic hydroxyl groups excluding tert-OH is 2. The van der Waals surface area contributed by atoms with Gasteiger partial charge in [0.2, 0.25) is 5.91 Å². The molecule has 89 heavy (non-hydrogen) atoms. The van der Waals surface area contributed by atoms with Crippen molar-refractivity contribution in [3.63, 3.8) is 0 Å². The fraction of sp³-hybridized carbons (Fsp3) is 0.928. The minimum atomic E-state index is -0.662. The molecule has 6 heteroatoms. The van der Waals surface area contributed by atoms with Gasteiger partial charge in [-0.3, -0.25) is 9.59 Å². The predicted octanol–water partition coefficient (Wildman–Crippen LogP) is 27.2. The zero-order valence-electron chi connectivity index (χ0n) is 60.7. The lowest BCUT2D eigenvalue weighted by atomic mass is 10.0. The van der Waals surface area contributed by atoms with Gasteiger partial charge >= 0.3 is 5.97 Å². The first-order valence-corrected chi connectivity index (χ1v) is 41.1. The molecule has 0 aromatic rings. The van der Waals surface area contributed by atoms with Gasteiger partial charge in [-0.05, 0) is 57.8 Å². The molecule has 1 amide bonds. The van der Waals surface area contributed by atoms with E-state index >= 15 is 0 Å². The molecule has 528 valence electrons. The third-order valence-electron chi connectivity index (χ3n) is 19.5. The Labute approximate surface area is 558 Å². The molecule has 0 saturated carbocycles. The predicted molar refractivity (Wildman–Crippen MR) is 393 cm³/mol. The van der Waals surface area contributed by atoms with Gasteiger partial charge in [-0.2, -0.15) is 0 Å². The lowest BCUT2D eigenvalue weighted by Crippen LogP contribution is -2.45. The van der Waals surface area contributed by atoms with E-state index in [1.54, 1.807) is 0 Å². The van der Waals surface area contributed by atoms with Crippen LogP contribution in [0.25, 0.3) is 0 Å². The van der Waals surface area contributed by atoms with Crippen LogP contribution in [0.15, 0.2) is 24.3 Å². The first kappa shape index (κ1) is 87.3. The van der Waals surface area contributed by atoms with Crippen LogP contribution in [0, 0.1) is 0 Å². The van der Waals surface area contributed by atoms with Crippen molar-refractivity contribution >= 4 is 11.9 Å². The SMILES string of the molecule is CCCCC/C=C\C/C=C\CCCCCCCCCC(=O)OCCCCCCCCCCCCCCCCCCCCCCCCCCCCCCCCCCC(=O)NC(CO)C(O)CCCCCCCCCCCCCCCCCCCCCCCCC. The molecule has 2 atom stereocenters. The molecule has 0 aromatic carbocycles. The van der Waals surface area contributed by atoms with Crippen LogP contribution < -0.4 is 5.32 Å². The first-order valence-electron chi connectivity index (χ1n) is 41.1. The Morgan fingerprint density at radius 3 is 0.876 bits per heavy atom. The highest BCUT2D eigenvalue weighted by Crippen LogP contribution is 2.21. The maximum absolute atomic E-state index is 12.6. The number of allylic oxidation sites excluding steroid dienone is 4. The van der Waals surface area contributed by atoms with Crippen molar-refractivity contribution in [2.24, 2.45) is 0 Å². The van der Waals surface area contributed by atoms with Gasteiger partial charge in [-0.15, -0.1) is 0 Å².